The largest absolute Gasteiger partial charge is 0.469 e. The number of carbonyl (C=O) groups excluding carboxylic acids is 2. The molecule has 1 aromatic heterocycles. The van der Waals surface area contributed by atoms with Crippen LogP contribution in [-0.2, 0) is 25.5 Å². The van der Waals surface area contributed by atoms with E-state index >= 15 is 0 Å². The van der Waals surface area contributed by atoms with E-state index in [2.05, 4.69) is 15.6 Å². The van der Waals surface area contributed by atoms with Crippen LogP contribution in [0.1, 0.15) is 4.88 Å². The fourth-order valence-corrected chi connectivity index (χ4v) is 3.44. The summed E-state index contributed by atoms with van der Waals surface area (Å²) in [6.07, 6.45) is -0.433. The number of nitrogens with one attached hydrogen (secondary N) is 2. The first-order valence-corrected chi connectivity index (χ1v) is 8.74. The molecule has 7 nitrogen and oxygen atoms in total. The van der Waals surface area contributed by atoms with Crippen molar-refractivity contribution in [1.29, 1.82) is 0 Å². The number of ether oxygens (including phenoxy) is 2. The third kappa shape index (κ3) is 5.01. The van der Waals surface area contributed by atoms with Crippen LogP contribution < -0.4 is 10.6 Å². The second kappa shape index (κ2) is 9.63. The molecular formula is C17H20ClN3O4S. The minimum absolute atomic E-state index is 0. The number of benzene rings is 1. The third-order valence-electron chi connectivity index (χ3n) is 3.73. The molecule has 140 valence electrons. The van der Waals surface area contributed by atoms with Crippen molar-refractivity contribution in [1.82, 2.24) is 10.3 Å². The fourth-order valence-electron chi connectivity index (χ4n) is 2.47. The highest BCUT2D eigenvalue weighted by molar-refractivity contribution is 7.16. The Kier molecular flexibility index (Phi) is 7.52. The molecule has 1 fully saturated rings. The minimum atomic E-state index is -0.540. The molecule has 1 aliphatic rings. The van der Waals surface area contributed by atoms with Crippen LogP contribution in [0, 0.1) is 0 Å². The Hall–Kier alpha value is -2.00. The van der Waals surface area contributed by atoms with Gasteiger partial charge in [-0.25, -0.2) is 4.98 Å². The molecule has 0 saturated carbocycles. The van der Waals surface area contributed by atoms with Gasteiger partial charge >= 0.3 is 5.97 Å². The number of nitrogens with zero attached hydrogens (tertiary/aromatic N) is 1. The molecule has 1 aliphatic heterocycles. The van der Waals surface area contributed by atoms with Gasteiger partial charge in [0.1, 0.15) is 6.10 Å². The lowest BCUT2D eigenvalue weighted by Gasteiger charge is -2.22. The maximum Gasteiger partial charge on any atom is 0.310 e. The lowest BCUT2D eigenvalue weighted by Crippen LogP contribution is -2.45. The summed E-state index contributed by atoms with van der Waals surface area (Å²) in [7, 11) is 1.35. The molecule has 1 amide bonds. The average molecular weight is 398 g/mol. The van der Waals surface area contributed by atoms with Crippen LogP contribution >= 0.6 is 23.7 Å². The number of rotatable bonds is 5. The summed E-state index contributed by atoms with van der Waals surface area (Å²) in [5.74, 6) is -0.594. The molecule has 0 aliphatic carbocycles. The van der Waals surface area contributed by atoms with Crippen molar-refractivity contribution in [3.8, 4) is 11.3 Å². The molecule has 1 atom stereocenters. The summed E-state index contributed by atoms with van der Waals surface area (Å²) >= 11 is 1.27. The van der Waals surface area contributed by atoms with E-state index in [4.69, 9.17) is 9.47 Å². The first-order chi connectivity index (χ1) is 12.2. The molecule has 1 saturated heterocycles. The molecular weight excluding hydrogens is 378 g/mol. The number of methoxy groups -OCH3 is 1. The van der Waals surface area contributed by atoms with Gasteiger partial charge in [0.25, 0.3) is 5.91 Å². The Morgan fingerprint density at radius 2 is 2.15 bits per heavy atom. The SMILES string of the molecule is COC(=O)Cc1sc(NC(=O)C2CNCCO2)nc1-c1ccccc1.Cl. The van der Waals surface area contributed by atoms with Crippen molar-refractivity contribution in [3.05, 3.63) is 35.2 Å². The van der Waals surface area contributed by atoms with Crippen molar-refractivity contribution >= 4 is 40.8 Å². The van der Waals surface area contributed by atoms with Crippen molar-refractivity contribution < 1.29 is 19.1 Å². The number of aromatic nitrogens is 1. The zero-order valence-corrected chi connectivity index (χ0v) is 15.8. The van der Waals surface area contributed by atoms with Crippen molar-refractivity contribution in [3.63, 3.8) is 0 Å². The van der Waals surface area contributed by atoms with Crippen molar-refractivity contribution in [2.45, 2.75) is 12.5 Å². The maximum atomic E-state index is 12.3. The summed E-state index contributed by atoms with van der Waals surface area (Å²) in [6, 6.07) is 9.53. The maximum absolute atomic E-state index is 12.3. The zero-order valence-electron chi connectivity index (χ0n) is 14.2. The van der Waals surface area contributed by atoms with Crippen LogP contribution in [0.15, 0.2) is 30.3 Å². The topological polar surface area (TPSA) is 89.5 Å². The van der Waals surface area contributed by atoms with E-state index in [1.165, 1.54) is 18.4 Å². The summed E-state index contributed by atoms with van der Waals surface area (Å²) in [4.78, 5) is 29.2. The van der Waals surface area contributed by atoms with E-state index in [-0.39, 0.29) is 30.7 Å². The monoisotopic (exact) mass is 397 g/mol. The van der Waals surface area contributed by atoms with E-state index in [0.717, 1.165) is 17.0 Å². The number of amides is 1. The molecule has 0 radical (unpaired) electrons. The molecule has 1 aromatic carbocycles. The molecule has 26 heavy (non-hydrogen) atoms. The lowest BCUT2D eigenvalue weighted by molar-refractivity contribution is -0.139. The van der Waals surface area contributed by atoms with Gasteiger partial charge in [-0.2, -0.15) is 0 Å². The van der Waals surface area contributed by atoms with E-state index in [1.54, 1.807) is 0 Å². The highest BCUT2D eigenvalue weighted by Gasteiger charge is 2.24. The molecule has 2 aromatic rings. The van der Waals surface area contributed by atoms with Crippen LogP contribution in [0.25, 0.3) is 11.3 Å². The molecule has 2 N–H and O–H groups in total. The number of morpholine rings is 1. The van der Waals surface area contributed by atoms with E-state index < -0.39 is 6.10 Å². The van der Waals surface area contributed by atoms with Crippen LogP contribution in [-0.4, -0.2) is 49.8 Å². The van der Waals surface area contributed by atoms with Gasteiger partial charge in [0, 0.05) is 23.5 Å². The van der Waals surface area contributed by atoms with Gasteiger partial charge in [-0.15, -0.1) is 23.7 Å². The third-order valence-corrected chi connectivity index (χ3v) is 4.70. The predicted molar refractivity (Wildman–Crippen MR) is 102 cm³/mol. The smallest absolute Gasteiger partial charge is 0.310 e. The standard InChI is InChI=1S/C17H19N3O4S.ClH/c1-23-14(21)9-13-15(11-5-3-2-4-6-11)19-17(25-13)20-16(22)12-10-18-7-8-24-12;/h2-6,12,18H,7-10H2,1H3,(H,19,20,22);1H. The summed E-state index contributed by atoms with van der Waals surface area (Å²) < 4.78 is 10.2. The summed E-state index contributed by atoms with van der Waals surface area (Å²) in [6.45, 7) is 1.71. The Morgan fingerprint density at radius 1 is 1.38 bits per heavy atom. The normalized spacial score (nSPS) is 16.4. The summed E-state index contributed by atoms with van der Waals surface area (Å²) in [5, 5.41) is 6.34. The quantitative estimate of drug-likeness (QED) is 0.749. The van der Waals surface area contributed by atoms with Gasteiger partial charge in [-0.3, -0.25) is 14.9 Å². The highest BCUT2D eigenvalue weighted by atomic mass is 35.5. The van der Waals surface area contributed by atoms with Gasteiger partial charge in [0.15, 0.2) is 5.13 Å². The molecule has 1 unspecified atom stereocenters. The minimum Gasteiger partial charge on any atom is -0.469 e. The highest BCUT2D eigenvalue weighted by Crippen LogP contribution is 2.31. The average Bonchev–Trinajstić information content (AvgIpc) is 3.05. The van der Waals surface area contributed by atoms with E-state index in [1.807, 2.05) is 30.3 Å². The Labute approximate surface area is 161 Å². The number of thiazole rings is 1. The van der Waals surface area contributed by atoms with Gasteiger partial charge < -0.3 is 14.8 Å². The van der Waals surface area contributed by atoms with Crippen LogP contribution in [0.4, 0.5) is 5.13 Å². The molecule has 9 heteroatoms. The van der Waals surface area contributed by atoms with Gasteiger partial charge in [0.05, 0.1) is 25.8 Å². The van der Waals surface area contributed by atoms with Crippen LogP contribution in [0.2, 0.25) is 0 Å². The number of anilines is 1. The Balaban J connectivity index is 0.00000243. The van der Waals surface area contributed by atoms with E-state index in [0.29, 0.717) is 24.0 Å². The number of carbonyl (C=O) groups is 2. The van der Waals surface area contributed by atoms with E-state index in [9.17, 15) is 9.59 Å². The van der Waals surface area contributed by atoms with Crippen LogP contribution in [0.3, 0.4) is 0 Å². The predicted octanol–water partition coefficient (Wildman–Crippen LogP) is 1.87. The van der Waals surface area contributed by atoms with Gasteiger partial charge in [0.2, 0.25) is 0 Å². The van der Waals surface area contributed by atoms with Crippen molar-refractivity contribution in [2.75, 3.05) is 32.1 Å². The lowest BCUT2D eigenvalue weighted by atomic mass is 10.1. The fraction of sp³-hybridized carbons (Fsp3) is 0.353. The first-order valence-electron chi connectivity index (χ1n) is 7.92. The second-order valence-corrected chi connectivity index (χ2v) is 6.55. The van der Waals surface area contributed by atoms with Crippen LogP contribution in [0.5, 0.6) is 0 Å². The molecule has 3 rings (SSSR count). The van der Waals surface area contributed by atoms with Gasteiger partial charge in [-0.1, -0.05) is 30.3 Å². The van der Waals surface area contributed by atoms with Crippen molar-refractivity contribution in [2.24, 2.45) is 0 Å². The van der Waals surface area contributed by atoms with Gasteiger partial charge in [-0.05, 0) is 0 Å². The number of hydrogen-bond acceptors (Lipinski definition) is 7. The molecule has 0 bridgehead atoms. The number of halogens is 1. The zero-order chi connectivity index (χ0) is 17.6. The number of esters is 1. The number of hydrogen-bond donors (Lipinski definition) is 2. The second-order valence-electron chi connectivity index (χ2n) is 5.46. The first kappa shape index (κ1) is 20.3. The Morgan fingerprint density at radius 3 is 2.81 bits per heavy atom. The Bertz CT molecular complexity index is 748. The summed E-state index contributed by atoms with van der Waals surface area (Å²) in [5.41, 5.74) is 1.56. The molecule has 2 heterocycles. The molecule has 0 spiro atoms.